The summed E-state index contributed by atoms with van der Waals surface area (Å²) in [6, 6.07) is 10.9. The summed E-state index contributed by atoms with van der Waals surface area (Å²) in [5, 5.41) is 0.543. The zero-order valence-corrected chi connectivity index (χ0v) is 16.2. The molecule has 3 aromatic heterocycles. The SMILES string of the molecule is Cc1c(C)n(C)c2ccc(C(=O)c3nc(Br)c4ccccn34)cc2c1=O. The minimum absolute atomic E-state index is 0.0422. The zero-order chi connectivity index (χ0) is 18.6. The Morgan fingerprint density at radius 1 is 1.12 bits per heavy atom. The Morgan fingerprint density at radius 2 is 1.88 bits per heavy atom. The van der Waals surface area contributed by atoms with Gasteiger partial charge in [0, 0.05) is 35.5 Å². The van der Waals surface area contributed by atoms with Crippen LogP contribution in [0.5, 0.6) is 0 Å². The normalized spacial score (nSPS) is 11.4. The van der Waals surface area contributed by atoms with Gasteiger partial charge >= 0.3 is 0 Å². The number of ketones is 1. The second kappa shape index (κ2) is 5.92. The van der Waals surface area contributed by atoms with E-state index in [2.05, 4.69) is 20.9 Å². The summed E-state index contributed by atoms with van der Waals surface area (Å²) in [6.07, 6.45) is 1.80. The summed E-state index contributed by atoms with van der Waals surface area (Å²) in [7, 11) is 1.92. The second-order valence-corrected chi connectivity index (χ2v) is 7.09. The van der Waals surface area contributed by atoms with Crippen molar-refractivity contribution in [3.8, 4) is 0 Å². The number of aromatic nitrogens is 3. The van der Waals surface area contributed by atoms with Gasteiger partial charge in [0.05, 0.1) is 11.0 Å². The molecule has 0 saturated carbocycles. The fraction of sp³-hybridized carbons (Fsp3) is 0.150. The molecule has 0 unspecified atom stereocenters. The highest BCUT2D eigenvalue weighted by Gasteiger charge is 2.19. The maximum Gasteiger partial charge on any atom is 0.228 e. The first-order chi connectivity index (χ1) is 12.4. The molecule has 0 N–H and O–H groups in total. The molecule has 0 aliphatic rings. The molecule has 6 heteroatoms. The molecule has 5 nitrogen and oxygen atoms in total. The molecule has 0 atom stereocenters. The predicted octanol–water partition coefficient (Wildman–Crippen LogP) is 3.80. The van der Waals surface area contributed by atoms with Crippen molar-refractivity contribution >= 4 is 38.1 Å². The largest absolute Gasteiger partial charge is 0.347 e. The van der Waals surface area contributed by atoms with Gasteiger partial charge in [-0.05, 0) is 60.1 Å². The van der Waals surface area contributed by atoms with Gasteiger partial charge in [-0.3, -0.25) is 14.0 Å². The van der Waals surface area contributed by atoms with E-state index in [1.165, 1.54) is 0 Å². The molecule has 4 rings (SSSR count). The molecule has 4 aromatic rings. The summed E-state index contributed by atoms with van der Waals surface area (Å²) < 4.78 is 4.33. The highest BCUT2D eigenvalue weighted by Crippen LogP contribution is 2.22. The summed E-state index contributed by atoms with van der Waals surface area (Å²) in [5.74, 6) is 0.0894. The molecule has 0 aliphatic carbocycles. The van der Waals surface area contributed by atoms with Gasteiger partial charge < -0.3 is 4.57 Å². The van der Waals surface area contributed by atoms with Crippen LogP contribution < -0.4 is 5.43 Å². The molecule has 0 fully saturated rings. The monoisotopic (exact) mass is 409 g/mol. The van der Waals surface area contributed by atoms with Gasteiger partial charge in [-0.2, -0.15) is 0 Å². The Hall–Kier alpha value is -2.73. The first-order valence-electron chi connectivity index (χ1n) is 8.17. The molecule has 1 aromatic carbocycles. The number of aryl methyl sites for hydroxylation is 1. The number of halogens is 1. The summed E-state index contributed by atoms with van der Waals surface area (Å²) in [6.45, 7) is 3.73. The van der Waals surface area contributed by atoms with E-state index in [1.807, 2.05) is 49.7 Å². The molecule has 26 heavy (non-hydrogen) atoms. The van der Waals surface area contributed by atoms with Crippen molar-refractivity contribution in [3.05, 3.63) is 80.1 Å². The highest BCUT2D eigenvalue weighted by molar-refractivity contribution is 9.10. The minimum Gasteiger partial charge on any atom is -0.347 e. The van der Waals surface area contributed by atoms with Crippen LogP contribution in [0.4, 0.5) is 0 Å². The topological polar surface area (TPSA) is 56.4 Å². The molecular formula is C20H16BrN3O2. The number of carbonyl (C=O) groups excluding carboxylic acids is 1. The number of carbonyl (C=O) groups is 1. The third-order valence-corrected chi connectivity index (χ3v) is 5.54. The van der Waals surface area contributed by atoms with E-state index >= 15 is 0 Å². The lowest BCUT2D eigenvalue weighted by Gasteiger charge is -2.12. The van der Waals surface area contributed by atoms with Crippen molar-refractivity contribution < 1.29 is 4.79 Å². The van der Waals surface area contributed by atoms with Crippen molar-refractivity contribution in [1.29, 1.82) is 0 Å². The van der Waals surface area contributed by atoms with Crippen LogP contribution in [0.15, 0.2) is 52.0 Å². The molecule has 3 heterocycles. The lowest BCUT2D eigenvalue weighted by atomic mass is 10.0. The van der Waals surface area contributed by atoms with Crippen LogP contribution in [0.3, 0.4) is 0 Å². The second-order valence-electron chi connectivity index (χ2n) is 6.34. The molecule has 0 amide bonds. The van der Waals surface area contributed by atoms with Crippen molar-refractivity contribution in [2.24, 2.45) is 7.05 Å². The molecule has 130 valence electrons. The molecule has 0 aliphatic heterocycles. The lowest BCUT2D eigenvalue weighted by molar-refractivity contribution is 0.102. The van der Waals surface area contributed by atoms with Gasteiger partial charge in [-0.1, -0.05) is 6.07 Å². The minimum atomic E-state index is -0.223. The van der Waals surface area contributed by atoms with E-state index in [9.17, 15) is 9.59 Å². The average Bonchev–Trinajstić information content (AvgIpc) is 3.00. The van der Waals surface area contributed by atoms with Gasteiger partial charge in [-0.25, -0.2) is 4.98 Å². The van der Waals surface area contributed by atoms with Crippen molar-refractivity contribution in [2.45, 2.75) is 13.8 Å². The summed E-state index contributed by atoms with van der Waals surface area (Å²) in [5.41, 5.74) is 3.65. The van der Waals surface area contributed by atoms with E-state index < -0.39 is 0 Å². The fourth-order valence-corrected chi connectivity index (χ4v) is 3.73. The van der Waals surface area contributed by atoms with Crippen LogP contribution in [-0.4, -0.2) is 19.7 Å². The molecular weight excluding hydrogens is 394 g/mol. The Bertz CT molecular complexity index is 1270. The Balaban J connectivity index is 1.94. The first kappa shape index (κ1) is 16.7. The number of pyridine rings is 2. The quantitative estimate of drug-likeness (QED) is 0.473. The fourth-order valence-electron chi connectivity index (χ4n) is 3.24. The zero-order valence-electron chi connectivity index (χ0n) is 14.6. The van der Waals surface area contributed by atoms with Crippen LogP contribution >= 0.6 is 15.9 Å². The lowest BCUT2D eigenvalue weighted by Crippen LogP contribution is -2.15. The number of imidazole rings is 1. The van der Waals surface area contributed by atoms with Crippen molar-refractivity contribution in [2.75, 3.05) is 0 Å². The predicted molar refractivity (Wildman–Crippen MR) is 105 cm³/mol. The van der Waals surface area contributed by atoms with E-state index in [-0.39, 0.29) is 11.2 Å². The number of hydrogen-bond acceptors (Lipinski definition) is 3. The molecule has 0 spiro atoms. The maximum atomic E-state index is 13.1. The van der Waals surface area contributed by atoms with Gasteiger partial charge in [0.2, 0.25) is 5.78 Å². The van der Waals surface area contributed by atoms with Crippen LogP contribution in [-0.2, 0) is 7.05 Å². The number of hydrogen-bond donors (Lipinski definition) is 0. The number of nitrogens with zero attached hydrogens (tertiary/aromatic N) is 3. The van der Waals surface area contributed by atoms with Gasteiger partial charge in [0.1, 0.15) is 4.60 Å². The Labute approximate surface area is 158 Å². The van der Waals surface area contributed by atoms with E-state index in [0.717, 1.165) is 16.7 Å². The van der Waals surface area contributed by atoms with Crippen molar-refractivity contribution in [3.63, 3.8) is 0 Å². The van der Waals surface area contributed by atoms with Crippen LogP contribution in [0.1, 0.15) is 27.4 Å². The average molecular weight is 410 g/mol. The van der Waals surface area contributed by atoms with E-state index in [0.29, 0.717) is 26.9 Å². The highest BCUT2D eigenvalue weighted by atomic mass is 79.9. The van der Waals surface area contributed by atoms with Crippen LogP contribution in [0, 0.1) is 13.8 Å². The van der Waals surface area contributed by atoms with Gasteiger partial charge in [0.15, 0.2) is 11.3 Å². The van der Waals surface area contributed by atoms with Gasteiger partial charge in [-0.15, -0.1) is 0 Å². The van der Waals surface area contributed by atoms with E-state index in [1.54, 1.807) is 22.7 Å². The smallest absolute Gasteiger partial charge is 0.228 e. The summed E-state index contributed by atoms with van der Waals surface area (Å²) in [4.78, 5) is 30.1. The molecule has 0 bridgehead atoms. The number of rotatable bonds is 2. The molecule has 0 radical (unpaired) electrons. The van der Waals surface area contributed by atoms with Crippen molar-refractivity contribution in [1.82, 2.24) is 14.0 Å². The van der Waals surface area contributed by atoms with E-state index in [4.69, 9.17) is 0 Å². The van der Waals surface area contributed by atoms with Crippen LogP contribution in [0.2, 0.25) is 0 Å². The summed E-state index contributed by atoms with van der Waals surface area (Å²) >= 11 is 3.40. The Kier molecular flexibility index (Phi) is 3.80. The van der Waals surface area contributed by atoms with Crippen LogP contribution in [0.25, 0.3) is 16.4 Å². The first-order valence-corrected chi connectivity index (χ1v) is 8.96. The maximum absolute atomic E-state index is 13.1. The standard InChI is InChI=1S/C20H16BrN3O2/c1-11-12(2)23(3)15-8-7-13(10-14(15)17(11)25)18(26)20-22-19(21)16-6-4-5-9-24(16)20/h4-10H,1-3H3. The third-order valence-electron chi connectivity index (χ3n) is 4.96. The number of fused-ring (bicyclic) bond motifs is 2. The third kappa shape index (κ3) is 2.33. The molecule has 0 saturated heterocycles. The number of benzene rings is 1. The Morgan fingerprint density at radius 3 is 2.65 bits per heavy atom. The van der Waals surface area contributed by atoms with Gasteiger partial charge in [0.25, 0.3) is 0 Å².